The second-order valence-electron chi connectivity index (χ2n) is 6.28. The third-order valence-corrected chi connectivity index (χ3v) is 4.13. The van der Waals surface area contributed by atoms with Crippen molar-refractivity contribution in [3.05, 3.63) is 101 Å². The van der Waals surface area contributed by atoms with Gasteiger partial charge in [0.15, 0.2) is 0 Å². The first-order chi connectivity index (χ1) is 13.8. The molecule has 0 saturated carbocycles. The average Bonchev–Trinajstić information content (AvgIpc) is 2.72. The number of rotatable bonds is 5. The van der Waals surface area contributed by atoms with Gasteiger partial charge in [0.1, 0.15) is 0 Å². The number of carbonyl (C=O) groups excluding carboxylic acids is 2. The summed E-state index contributed by atoms with van der Waals surface area (Å²) >= 11 is 0. The molecule has 0 atom stereocenters. The number of alkyl halides is 3. The number of amides is 2. The maximum atomic E-state index is 12.8. The highest BCUT2D eigenvalue weighted by atomic mass is 19.4. The Bertz CT molecular complexity index is 1020. The average molecular weight is 398 g/mol. The Morgan fingerprint density at radius 2 is 1.41 bits per heavy atom. The van der Waals surface area contributed by atoms with Crippen LogP contribution in [0.2, 0.25) is 0 Å². The molecule has 29 heavy (non-hydrogen) atoms. The van der Waals surface area contributed by atoms with Gasteiger partial charge in [0.2, 0.25) is 0 Å². The number of hydrogen-bond donors (Lipinski definition) is 2. The Kier molecular flexibility index (Phi) is 5.97. The van der Waals surface area contributed by atoms with E-state index >= 15 is 0 Å². The van der Waals surface area contributed by atoms with Crippen molar-refractivity contribution < 1.29 is 22.8 Å². The van der Waals surface area contributed by atoms with Crippen LogP contribution in [0.1, 0.15) is 31.8 Å². The first-order valence-electron chi connectivity index (χ1n) is 8.74. The molecule has 3 aromatic rings. The van der Waals surface area contributed by atoms with Gasteiger partial charge in [-0.3, -0.25) is 9.59 Å². The summed E-state index contributed by atoms with van der Waals surface area (Å²) in [6.07, 6.45) is -4.50. The molecule has 3 rings (SSSR count). The first-order valence-corrected chi connectivity index (χ1v) is 8.74. The Labute approximate surface area is 165 Å². The van der Waals surface area contributed by atoms with Crippen molar-refractivity contribution in [1.82, 2.24) is 5.32 Å². The van der Waals surface area contributed by atoms with Crippen LogP contribution in [0.5, 0.6) is 0 Å². The lowest BCUT2D eigenvalue weighted by Gasteiger charge is -2.10. The SMILES string of the molecule is O=C(NCc1ccccc1)c1cccc(C(=O)Nc2cccc(C(F)(F)F)c2)c1. The molecule has 0 aliphatic rings. The summed E-state index contributed by atoms with van der Waals surface area (Å²) in [5.41, 5.74) is 0.528. The standard InChI is InChI=1S/C22H17F3N2O2/c23-22(24,25)18-10-5-11-19(13-18)27-21(29)17-9-4-8-16(12-17)20(28)26-14-15-6-2-1-3-7-15/h1-13H,14H2,(H,26,28)(H,27,29). The van der Waals surface area contributed by atoms with E-state index in [-0.39, 0.29) is 22.7 Å². The van der Waals surface area contributed by atoms with E-state index in [4.69, 9.17) is 0 Å². The monoisotopic (exact) mass is 398 g/mol. The van der Waals surface area contributed by atoms with Crippen molar-refractivity contribution in [1.29, 1.82) is 0 Å². The molecule has 4 nitrogen and oxygen atoms in total. The molecular formula is C22H17F3N2O2. The van der Waals surface area contributed by atoms with Crippen LogP contribution in [0, 0.1) is 0 Å². The van der Waals surface area contributed by atoms with Crippen molar-refractivity contribution in [3.63, 3.8) is 0 Å². The molecule has 0 fully saturated rings. The number of halogens is 3. The minimum atomic E-state index is -4.50. The molecule has 148 valence electrons. The summed E-state index contributed by atoms with van der Waals surface area (Å²) in [7, 11) is 0. The van der Waals surface area contributed by atoms with E-state index in [9.17, 15) is 22.8 Å². The second kappa shape index (κ2) is 8.60. The minimum Gasteiger partial charge on any atom is -0.348 e. The molecule has 3 aromatic carbocycles. The number of anilines is 1. The topological polar surface area (TPSA) is 58.2 Å². The van der Waals surface area contributed by atoms with Gasteiger partial charge in [-0.15, -0.1) is 0 Å². The summed E-state index contributed by atoms with van der Waals surface area (Å²) in [4.78, 5) is 24.7. The normalized spacial score (nSPS) is 11.0. The highest BCUT2D eigenvalue weighted by Crippen LogP contribution is 2.30. The molecular weight excluding hydrogens is 381 g/mol. The van der Waals surface area contributed by atoms with Gasteiger partial charge in [0.25, 0.3) is 11.8 Å². The van der Waals surface area contributed by atoms with Gasteiger partial charge >= 0.3 is 6.18 Å². The predicted molar refractivity (Wildman–Crippen MR) is 103 cm³/mol. The summed E-state index contributed by atoms with van der Waals surface area (Å²) in [5.74, 6) is -0.968. The summed E-state index contributed by atoms with van der Waals surface area (Å²) in [6.45, 7) is 0.334. The van der Waals surface area contributed by atoms with E-state index in [2.05, 4.69) is 10.6 Å². The maximum absolute atomic E-state index is 12.8. The van der Waals surface area contributed by atoms with E-state index < -0.39 is 17.6 Å². The van der Waals surface area contributed by atoms with Gasteiger partial charge in [-0.1, -0.05) is 42.5 Å². The third kappa shape index (κ3) is 5.44. The van der Waals surface area contributed by atoms with E-state index in [0.717, 1.165) is 17.7 Å². The molecule has 0 spiro atoms. The van der Waals surface area contributed by atoms with Crippen LogP contribution in [-0.2, 0) is 12.7 Å². The minimum absolute atomic E-state index is 0.0174. The zero-order chi connectivity index (χ0) is 20.9. The first kappa shape index (κ1) is 20.1. The molecule has 0 radical (unpaired) electrons. The number of hydrogen-bond acceptors (Lipinski definition) is 2. The quantitative estimate of drug-likeness (QED) is 0.643. The van der Waals surface area contributed by atoms with Crippen molar-refractivity contribution in [2.24, 2.45) is 0 Å². The fourth-order valence-electron chi connectivity index (χ4n) is 2.66. The molecule has 2 N–H and O–H groups in total. The molecule has 0 bridgehead atoms. The zero-order valence-electron chi connectivity index (χ0n) is 15.2. The zero-order valence-corrected chi connectivity index (χ0v) is 15.2. The van der Waals surface area contributed by atoms with Crippen LogP contribution in [-0.4, -0.2) is 11.8 Å². The van der Waals surface area contributed by atoms with Crippen molar-refractivity contribution in [2.75, 3.05) is 5.32 Å². The Balaban J connectivity index is 1.68. The number of nitrogens with one attached hydrogen (secondary N) is 2. The fourth-order valence-corrected chi connectivity index (χ4v) is 2.66. The van der Waals surface area contributed by atoms with Crippen molar-refractivity contribution in [2.45, 2.75) is 12.7 Å². The molecule has 0 unspecified atom stereocenters. The van der Waals surface area contributed by atoms with Gasteiger partial charge in [-0.25, -0.2) is 0 Å². The van der Waals surface area contributed by atoms with Gasteiger partial charge < -0.3 is 10.6 Å². The van der Waals surface area contributed by atoms with Gasteiger partial charge in [-0.2, -0.15) is 13.2 Å². The fraction of sp³-hybridized carbons (Fsp3) is 0.0909. The molecule has 0 saturated heterocycles. The molecule has 0 aromatic heterocycles. The third-order valence-electron chi connectivity index (χ3n) is 4.13. The molecule has 0 aliphatic carbocycles. The van der Waals surface area contributed by atoms with Gasteiger partial charge in [0.05, 0.1) is 5.56 Å². The molecule has 0 aliphatic heterocycles. The number of benzene rings is 3. The van der Waals surface area contributed by atoms with Gasteiger partial charge in [-0.05, 0) is 42.0 Å². The van der Waals surface area contributed by atoms with Crippen LogP contribution >= 0.6 is 0 Å². The van der Waals surface area contributed by atoms with Crippen LogP contribution in [0.3, 0.4) is 0 Å². The summed E-state index contributed by atoms with van der Waals surface area (Å²) in [6, 6.07) is 19.7. The largest absolute Gasteiger partial charge is 0.416 e. The Hall–Kier alpha value is -3.61. The summed E-state index contributed by atoms with van der Waals surface area (Å²) in [5, 5.41) is 5.18. The van der Waals surface area contributed by atoms with Crippen molar-refractivity contribution >= 4 is 17.5 Å². The maximum Gasteiger partial charge on any atom is 0.416 e. The molecule has 7 heteroatoms. The van der Waals surface area contributed by atoms with E-state index in [1.54, 1.807) is 12.1 Å². The van der Waals surface area contributed by atoms with Crippen molar-refractivity contribution in [3.8, 4) is 0 Å². The molecule has 2 amide bonds. The number of carbonyl (C=O) groups is 2. The highest BCUT2D eigenvalue weighted by Gasteiger charge is 2.30. The van der Waals surface area contributed by atoms with E-state index in [1.807, 2.05) is 30.3 Å². The van der Waals surface area contributed by atoms with Crippen LogP contribution in [0.4, 0.5) is 18.9 Å². The highest BCUT2D eigenvalue weighted by molar-refractivity contribution is 6.06. The van der Waals surface area contributed by atoms with Gasteiger partial charge in [0, 0.05) is 23.4 Å². The van der Waals surface area contributed by atoms with Crippen LogP contribution in [0.15, 0.2) is 78.9 Å². The summed E-state index contributed by atoms with van der Waals surface area (Å²) < 4.78 is 38.4. The lowest BCUT2D eigenvalue weighted by atomic mass is 10.1. The van der Waals surface area contributed by atoms with Crippen LogP contribution in [0.25, 0.3) is 0 Å². The smallest absolute Gasteiger partial charge is 0.348 e. The second-order valence-corrected chi connectivity index (χ2v) is 6.28. The molecule has 0 heterocycles. The van der Waals surface area contributed by atoms with Crippen LogP contribution < -0.4 is 10.6 Å². The van der Waals surface area contributed by atoms with E-state index in [0.29, 0.717) is 6.54 Å². The Morgan fingerprint density at radius 1 is 0.759 bits per heavy atom. The lowest BCUT2D eigenvalue weighted by molar-refractivity contribution is -0.137. The lowest BCUT2D eigenvalue weighted by Crippen LogP contribution is -2.23. The Morgan fingerprint density at radius 3 is 2.10 bits per heavy atom. The van der Waals surface area contributed by atoms with E-state index in [1.165, 1.54) is 24.3 Å². The predicted octanol–water partition coefficient (Wildman–Crippen LogP) is 4.89.